The summed E-state index contributed by atoms with van der Waals surface area (Å²) in [6, 6.07) is 0. The SMILES string of the molecule is C=C/C=C/C/C=C/CC(C)O. The van der Waals surface area contributed by atoms with Crippen molar-refractivity contribution in [3.05, 3.63) is 37.0 Å². The molecule has 1 nitrogen and oxygen atoms in total. The van der Waals surface area contributed by atoms with E-state index in [0.29, 0.717) is 0 Å². The van der Waals surface area contributed by atoms with Crippen LogP contribution < -0.4 is 0 Å². The lowest BCUT2D eigenvalue weighted by Crippen LogP contribution is -1.94. The summed E-state index contributed by atoms with van der Waals surface area (Å²) in [5, 5.41) is 8.87. The van der Waals surface area contributed by atoms with Gasteiger partial charge in [0.15, 0.2) is 0 Å². The molecule has 0 aromatic rings. The molecule has 0 aliphatic carbocycles. The van der Waals surface area contributed by atoms with Crippen LogP contribution in [0.25, 0.3) is 0 Å². The highest BCUT2D eigenvalue weighted by molar-refractivity contribution is 5.01. The van der Waals surface area contributed by atoms with Gasteiger partial charge < -0.3 is 5.11 Å². The van der Waals surface area contributed by atoms with Gasteiger partial charge in [0.2, 0.25) is 0 Å². The standard InChI is InChI=1S/C10H16O/c1-3-4-5-6-7-8-9-10(2)11/h3-5,7-8,10-11H,1,6,9H2,2H3/b5-4+,8-7+. The van der Waals surface area contributed by atoms with Crippen molar-refractivity contribution in [1.29, 1.82) is 0 Å². The molecule has 0 aromatic heterocycles. The minimum Gasteiger partial charge on any atom is -0.393 e. The second kappa shape index (κ2) is 7.29. The molecule has 1 unspecified atom stereocenters. The predicted octanol–water partition coefficient (Wildman–Crippen LogP) is 2.45. The van der Waals surface area contributed by atoms with Gasteiger partial charge in [-0.3, -0.25) is 0 Å². The van der Waals surface area contributed by atoms with E-state index in [1.807, 2.05) is 24.3 Å². The van der Waals surface area contributed by atoms with Crippen LogP contribution in [0, 0.1) is 0 Å². The van der Waals surface area contributed by atoms with Gasteiger partial charge in [-0.15, -0.1) is 0 Å². The van der Waals surface area contributed by atoms with Gasteiger partial charge in [-0.05, 0) is 19.8 Å². The molecule has 0 bridgehead atoms. The van der Waals surface area contributed by atoms with Crippen molar-refractivity contribution in [1.82, 2.24) is 0 Å². The van der Waals surface area contributed by atoms with Crippen LogP contribution in [0.4, 0.5) is 0 Å². The molecule has 62 valence electrons. The number of rotatable bonds is 5. The topological polar surface area (TPSA) is 20.2 Å². The largest absolute Gasteiger partial charge is 0.393 e. The molecule has 0 heterocycles. The fourth-order valence-corrected chi connectivity index (χ4v) is 0.643. The summed E-state index contributed by atoms with van der Waals surface area (Å²) < 4.78 is 0. The van der Waals surface area contributed by atoms with Gasteiger partial charge in [-0.2, -0.15) is 0 Å². The fourth-order valence-electron chi connectivity index (χ4n) is 0.643. The molecule has 0 saturated carbocycles. The summed E-state index contributed by atoms with van der Waals surface area (Å²) in [5.41, 5.74) is 0. The summed E-state index contributed by atoms with van der Waals surface area (Å²) >= 11 is 0. The summed E-state index contributed by atoms with van der Waals surface area (Å²) in [7, 11) is 0. The molecule has 0 rings (SSSR count). The summed E-state index contributed by atoms with van der Waals surface area (Å²) in [6.07, 6.45) is 11.1. The number of hydrogen-bond acceptors (Lipinski definition) is 1. The van der Waals surface area contributed by atoms with Gasteiger partial charge in [-0.25, -0.2) is 0 Å². The summed E-state index contributed by atoms with van der Waals surface area (Å²) in [6.45, 7) is 5.34. The molecule has 0 aliphatic heterocycles. The van der Waals surface area contributed by atoms with E-state index in [4.69, 9.17) is 5.11 Å². The Balaban J connectivity index is 3.30. The third-order valence-electron chi connectivity index (χ3n) is 1.19. The third kappa shape index (κ3) is 9.18. The first-order valence-corrected chi connectivity index (χ1v) is 3.88. The van der Waals surface area contributed by atoms with Gasteiger partial charge in [0.05, 0.1) is 6.10 Å². The Morgan fingerprint density at radius 1 is 1.36 bits per heavy atom. The minimum atomic E-state index is -0.227. The van der Waals surface area contributed by atoms with Gasteiger partial charge in [0.1, 0.15) is 0 Å². The normalized spacial score (nSPS) is 14.4. The maximum Gasteiger partial charge on any atom is 0.0546 e. The van der Waals surface area contributed by atoms with E-state index in [1.165, 1.54) is 0 Å². The smallest absolute Gasteiger partial charge is 0.0546 e. The lowest BCUT2D eigenvalue weighted by atomic mass is 10.2. The number of aliphatic hydroxyl groups is 1. The Hall–Kier alpha value is -0.820. The van der Waals surface area contributed by atoms with E-state index >= 15 is 0 Å². The van der Waals surface area contributed by atoms with Gasteiger partial charge >= 0.3 is 0 Å². The van der Waals surface area contributed by atoms with E-state index in [-0.39, 0.29) is 6.10 Å². The third-order valence-corrected chi connectivity index (χ3v) is 1.19. The van der Waals surface area contributed by atoms with E-state index in [0.717, 1.165) is 12.8 Å². The van der Waals surface area contributed by atoms with Crippen LogP contribution >= 0.6 is 0 Å². The highest BCUT2D eigenvalue weighted by Crippen LogP contribution is 1.93. The molecule has 0 amide bonds. The van der Waals surface area contributed by atoms with Crippen LogP contribution in [0.1, 0.15) is 19.8 Å². The van der Waals surface area contributed by atoms with Crippen LogP contribution in [0.3, 0.4) is 0 Å². The average molecular weight is 152 g/mol. The monoisotopic (exact) mass is 152 g/mol. The first-order chi connectivity index (χ1) is 5.27. The molecule has 0 fully saturated rings. The van der Waals surface area contributed by atoms with E-state index in [2.05, 4.69) is 6.58 Å². The molecule has 11 heavy (non-hydrogen) atoms. The second-order valence-corrected chi connectivity index (χ2v) is 2.46. The molecule has 0 aliphatic rings. The van der Waals surface area contributed by atoms with E-state index in [9.17, 15) is 0 Å². The minimum absolute atomic E-state index is 0.227. The Kier molecular flexibility index (Phi) is 6.75. The van der Waals surface area contributed by atoms with Crippen molar-refractivity contribution >= 4 is 0 Å². The molecule has 1 atom stereocenters. The van der Waals surface area contributed by atoms with Crippen molar-refractivity contribution in [2.75, 3.05) is 0 Å². The molecule has 0 spiro atoms. The van der Waals surface area contributed by atoms with Crippen molar-refractivity contribution < 1.29 is 5.11 Å². The Labute approximate surface area is 68.7 Å². The van der Waals surface area contributed by atoms with Crippen molar-refractivity contribution in [3.63, 3.8) is 0 Å². The van der Waals surface area contributed by atoms with E-state index < -0.39 is 0 Å². The van der Waals surface area contributed by atoms with Crippen LogP contribution in [-0.4, -0.2) is 11.2 Å². The zero-order valence-electron chi connectivity index (χ0n) is 7.03. The van der Waals surface area contributed by atoms with Gasteiger partial charge in [-0.1, -0.05) is 37.0 Å². The second-order valence-electron chi connectivity index (χ2n) is 2.46. The molecule has 0 saturated heterocycles. The maximum atomic E-state index is 8.87. The first-order valence-electron chi connectivity index (χ1n) is 3.88. The molecule has 1 heteroatoms. The maximum absolute atomic E-state index is 8.87. The number of aliphatic hydroxyl groups excluding tert-OH is 1. The quantitative estimate of drug-likeness (QED) is 0.474. The first kappa shape index (κ1) is 10.2. The highest BCUT2D eigenvalue weighted by Gasteiger charge is 1.86. The molecular weight excluding hydrogens is 136 g/mol. The van der Waals surface area contributed by atoms with Gasteiger partial charge in [0, 0.05) is 0 Å². The van der Waals surface area contributed by atoms with Crippen molar-refractivity contribution in [2.24, 2.45) is 0 Å². The van der Waals surface area contributed by atoms with Crippen molar-refractivity contribution in [3.8, 4) is 0 Å². The molecule has 1 N–H and O–H groups in total. The Bertz CT molecular complexity index is 143. The van der Waals surface area contributed by atoms with Crippen LogP contribution in [0.5, 0.6) is 0 Å². The lowest BCUT2D eigenvalue weighted by Gasteiger charge is -1.94. The Morgan fingerprint density at radius 2 is 2.09 bits per heavy atom. The van der Waals surface area contributed by atoms with Gasteiger partial charge in [0.25, 0.3) is 0 Å². The Morgan fingerprint density at radius 3 is 2.64 bits per heavy atom. The molecule has 0 radical (unpaired) electrons. The summed E-state index contributed by atoms with van der Waals surface area (Å²) in [4.78, 5) is 0. The fraction of sp³-hybridized carbons (Fsp3) is 0.400. The zero-order chi connectivity index (χ0) is 8.53. The zero-order valence-corrected chi connectivity index (χ0v) is 7.03. The number of hydrogen-bond donors (Lipinski definition) is 1. The number of allylic oxidation sites excluding steroid dienone is 4. The van der Waals surface area contributed by atoms with Crippen molar-refractivity contribution in [2.45, 2.75) is 25.9 Å². The predicted molar refractivity (Wildman–Crippen MR) is 49.4 cm³/mol. The van der Waals surface area contributed by atoms with Crippen LogP contribution in [-0.2, 0) is 0 Å². The molecular formula is C10H16O. The lowest BCUT2D eigenvalue weighted by molar-refractivity contribution is 0.198. The van der Waals surface area contributed by atoms with Crippen LogP contribution in [0.2, 0.25) is 0 Å². The average Bonchev–Trinajstić information content (AvgIpc) is 1.96. The molecule has 0 aromatic carbocycles. The summed E-state index contributed by atoms with van der Waals surface area (Å²) in [5.74, 6) is 0. The van der Waals surface area contributed by atoms with Crippen LogP contribution in [0.15, 0.2) is 37.0 Å². The highest BCUT2D eigenvalue weighted by atomic mass is 16.3. The van der Waals surface area contributed by atoms with E-state index in [1.54, 1.807) is 13.0 Å².